The van der Waals surface area contributed by atoms with E-state index in [9.17, 15) is 27.6 Å². The summed E-state index contributed by atoms with van der Waals surface area (Å²) in [6, 6.07) is 11.7. The number of benzene rings is 2. The van der Waals surface area contributed by atoms with Crippen LogP contribution in [0.3, 0.4) is 0 Å². The van der Waals surface area contributed by atoms with Crippen molar-refractivity contribution in [3.63, 3.8) is 0 Å². The molecule has 4 N–H and O–H groups in total. The average molecular weight is 518 g/mol. The molecular formula is C26H30F3N5O3. The molecule has 11 heteroatoms. The van der Waals surface area contributed by atoms with E-state index in [4.69, 9.17) is 5.73 Å². The summed E-state index contributed by atoms with van der Waals surface area (Å²) in [4.78, 5) is 40.6. The number of hydrogen-bond donors (Lipinski definition) is 3. The summed E-state index contributed by atoms with van der Waals surface area (Å²) in [6.45, 7) is 2.94. The zero-order valence-electron chi connectivity index (χ0n) is 20.3. The fourth-order valence-electron chi connectivity index (χ4n) is 4.96. The Hall–Kier alpha value is -3.60. The Balaban J connectivity index is 1.20. The second kappa shape index (κ2) is 11.2. The van der Waals surface area contributed by atoms with E-state index in [1.54, 1.807) is 6.07 Å². The number of likely N-dealkylation sites (tertiary alicyclic amines) is 1. The first-order valence-electron chi connectivity index (χ1n) is 12.2. The Labute approximate surface area is 213 Å². The number of nitrogens with zero attached hydrogens (tertiary/aromatic N) is 2. The predicted octanol–water partition coefficient (Wildman–Crippen LogP) is 2.39. The van der Waals surface area contributed by atoms with E-state index in [0.717, 1.165) is 62.8 Å². The molecule has 2 aliphatic rings. The minimum absolute atomic E-state index is 0.0526. The highest BCUT2D eigenvalue weighted by Gasteiger charge is 2.32. The van der Waals surface area contributed by atoms with Gasteiger partial charge in [0, 0.05) is 55.1 Å². The number of rotatable bonds is 7. The summed E-state index contributed by atoms with van der Waals surface area (Å²) in [7, 11) is 0. The van der Waals surface area contributed by atoms with Crippen LogP contribution in [0, 0.1) is 0 Å². The van der Waals surface area contributed by atoms with Crippen LogP contribution < -0.4 is 21.3 Å². The van der Waals surface area contributed by atoms with Gasteiger partial charge in [-0.25, -0.2) is 0 Å². The van der Waals surface area contributed by atoms with Crippen molar-refractivity contribution in [1.29, 1.82) is 0 Å². The number of halogens is 3. The van der Waals surface area contributed by atoms with Gasteiger partial charge in [0.2, 0.25) is 11.8 Å². The van der Waals surface area contributed by atoms with Crippen molar-refractivity contribution in [2.45, 2.75) is 37.5 Å². The molecule has 8 nitrogen and oxygen atoms in total. The quantitative estimate of drug-likeness (QED) is 0.523. The van der Waals surface area contributed by atoms with Gasteiger partial charge in [-0.1, -0.05) is 12.1 Å². The second-order valence-corrected chi connectivity index (χ2v) is 9.44. The van der Waals surface area contributed by atoms with E-state index in [1.807, 2.05) is 18.2 Å². The number of piperidine rings is 1. The average Bonchev–Trinajstić information content (AvgIpc) is 3.35. The lowest BCUT2D eigenvalue weighted by Crippen LogP contribution is -2.46. The van der Waals surface area contributed by atoms with Gasteiger partial charge in [-0.3, -0.25) is 19.3 Å². The number of hydrogen-bond acceptors (Lipinski definition) is 5. The van der Waals surface area contributed by atoms with E-state index < -0.39 is 23.6 Å². The lowest BCUT2D eigenvalue weighted by Gasteiger charge is -2.38. The highest BCUT2D eigenvalue weighted by atomic mass is 19.4. The van der Waals surface area contributed by atoms with E-state index in [0.29, 0.717) is 18.2 Å². The normalized spacial score (nSPS) is 19.0. The van der Waals surface area contributed by atoms with Gasteiger partial charge in [-0.05, 0) is 55.7 Å². The fourth-order valence-corrected chi connectivity index (χ4v) is 4.96. The van der Waals surface area contributed by atoms with Crippen LogP contribution in [0.25, 0.3) is 0 Å². The smallest absolute Gasteiger partial charge is 0.371 e. The molecule has 0 aliphatic carbocycles. The zero-order chi connectivity index (χ0) is 26.6. The summed E-state index contributed by atoms with van der Waals surface area (Å²) in [5, 5.41) is 5.30. The number of alkyl halides is 3. The molecule has 2 heterocycles. The maximum Gasteiger partial charge on any atom is 0.416 e. The molecule has 37 heavy (non-hydrogen) atoms. The van der Waals surface area contributed by atoms with Gasteiger partial charge in [0.1, 0.15) is 0 Å². The van der Waals surface area contributed by atoms with Crippen molar-refractivity contribution >= 4 is 23.4 Å². The van der Waals surface area contributed by atoms with Gasteiger partial charge in [0.15, 0.2) is 0 Å². The number of primary amides is 1. The Morgan fingerprint density at radius 3 is 2.35 bits per heavy atom. The summed E-state index contributed by atoms with van der Waals surface area (Å²) >= 11 is 0. The standard InChI is InChI=1S/C26H30F3N5O3/c27-26(28,29)19-5-1-4-18(13-19)25(37)31-15-23(35)32-20-7-10-34(16-20)21-8-11-33(12-9-21)22-6-2-3-17(14-22)24(30)36/h1-6,13-14,20-21H,7-12,15-16H2,(H2,30,36)(H,31,37)(H,32,35). The number of nitrogens with two attached hydrogens (primary N) is 1. The SMILES string of the molecule is NC(=O)c1cccc(N2CCC(N3CCC(NC(=O)CNC(=O)c4cccc(C(F)(F)F)c4)C3)CC2)c1. The molecule has 198 valence electrons. The highest BCUT2D eigenvalue weighted by molar-refractivity contribution is 5.96. The topological polar surface area (TPSA) is 108 Å². The third kappa shape index (κ3) is 6.79. The number of carbonyl (C=O) groups excluding carboxylic acids is 3. The molecule has 2 fully saturated rings. The molecule has 2 aromatic carbocycles. The Morgan fingerprint density at radius 2 is 1.65 bits per heavy atom. The van der Waals surface area contributed by atoms with E-state index in [2.05, 4.69) is 20.4 Å². The molecule has 0 bridgehead atoms. The Morgan fingerprint density at radius 1 is 0.946 bits per heavy atom. The van der Waals surface area contributed by atoms with Crippen molar-refractivity contribution in [1.82, 2.24) is 15.5 Å². The summed E-state index contributed by atoms with van der Waals surface area (Å²) in [5.41, 5.74) is 5.80. The summed E-state index contributed by atoms with van der Waals surface area (Å²) in [6.07, 6.45) is -1.86. The molecule has 0 radical (unpaired) electrons. The molecule has 1 unspecified atom stereocenters. The zero-order valence-corrected chi connectivity index (χ0v) is 20.3. The lowest BCUT2D eigenvalue weighted by atomic mass is 10.0. The molecule has 4 rings (SSSR count). The van der Waals surface area contributed by atoms with Crippen LogP contribution in [0.1, 0.15) is 45.5 Å². The fraction of sp³-hybridized carbons (Fsp3) is 0.423. The monoisotopic (exact) mass is 517 g/mol. The van der Waals surface area contributed by atoms with Crippen molar-refractivity contribution in [2.75, 3.05) is 37.6 Å². The van der Waals surface area contributed by atoms with Crippen LogP contribution in [0.15, 0.2) is 48.5 Å². The molecule has 1 atom stereocenters. The van der Waals surface area contributed by atoms with Crippen LogP contribution in [-0.2, 0) is 11.0 Å². The van der Waals surface area contributed by atoms with Crippen LogP contribution in [0.2, 0.25) is 0 Å². The first-order chi connectivity index (χ1) is 17.6. The Kier molecular flexibility index (Phi) is 8.01. The minimum Gasteiger partial charge on any atom is -0.371 e. The molecule has 2 aliphatic heterocycles. The predicted molar refractivity (Wildman–Crippen MR) is 132 cm³/mol. The molecule has 3 amide bonds. The van der Waals surface area contributed by atoms with Crippen LogP contribution >= 0.6 is 0 Å². The first kappa shape index (κ1) is 26.5. The van der Waals surface area contributed by atoms with Crippen molar-refractivity contribution in [2.24, 2.45) is 5.73 Å². The van der Waals surface area contributed by atoms with Gasteiger partial charge >= 0.3 is 6.18 Å². The van der Waals surface area contributed by atoms with Crippen molar-refractivity contribution < 1.29 is 27.6 Å². The largest absolute Gasteiger partial charge is 0.416 e. The molecule has 0 saturated carbocycles. The van der Waals surface area contributed by atoms with E-state index in [1.165, 1.54) is 6.07 Å². The van der Waals surface area contributed by atoms with Gasteiger partial charge in [0.05, 0.1) is 12.1 Å². The summed E-state index contributed by atoms with van der Waals surface area (Å²) < 4.78 is 38.6. The van der Waals surface area contributed by atoms with E-state index in [-0.39, 0.29) is 24.1 Å². The number of amides is 3. The molecule has 2 saturated heterocycles. The molecule has 0 aromatic heterocycles. The number of nitrogens with one attached hydrogen (secondary N) is 2. The van der Waals surface area contributed by atoms with Crippen molar-refractivity contribution in [3.8, 4) is 0 Å². The highest BCUT2D eigenvalue weighted by Crippen LogP contribution is 2.29. The Bertz CT molecular complexity index is 1150. The van der Waals surface area contributed by atoms with Crippen LogP contribution in [0.5, 0.6) is 0 Å². The number of anilines is 1. The molecule has 2 aromatic rings. The molecule has 0 spiro atoms. The van der Waals surface area contributed by atoms with Gasteiger partial charge < -0.3 is 21.3 Å². The van der Waals surface area contributed by atoms with Crippen LogP contribution in [-0.4, -0.2) is 67.4 Å². The number of carbonyl (C=O) groups is 3. The van der Waals surface area contributed by atoms with Gasteiger partial charge in [0.25, 0.3) is 5.91 Å². The van der Waals surface area contributed by atoms with E-state index >= 15 is 0 Å². The van der Waals surface area contributed by atoms with Gasteiger partial charge in [-0.15, -0.1) is 0 Å². The van der Waals surface area contributed by atoms with Gasteiger partial charge in [-0.2, -0.15) is 13.2 Å². The maximum atomic E-state index is 12.9. The maximum absolute atomic E-state index is 12.9. The summed E-state index contributed by atoms with van der Waals surface area (Å²) in [5.74, 6) is -1.56. The van der Waals surface area contributed by atoms with Crippen molar-refractivity contribution in [3.05, 3.63) is 65.2 Å². The second-order valence-electron chi connectivity index (χ2n) is 9.44. The third-order valence-electron chi connectivity index (χ3n) is 6.92. The molecular weight excluding hydrogens is 487 g/mol. The lowest BCUT2D eigenvalue weighted by molar-refractivity contribution is -0.137. The third-order valence-corrected chi connectivity index (χ3v) is 6.92. The first-order valence-corrected chi connectivity index (χ1v) is 12.2. The van der Waals surface area contributed by atoms with Crippen LogP contribution in [0.4, 0.5) is 18.9 Å². The minimum atomic E-state index is -4.55.